The van der Waals surface area contributed by atoms with Crippen LogP contribution >= 0.6 is 11.3 Å². The summed E-state index contributed by atoms with van der Waals surface area (Å²) in [7, 11) is 0. The maximum absolute atomic E-state index is 10.4. The number of primary amides is 1. The van der Waals surface area contributed by atoms with Crippen LogP contribution in [0, 0.1) is 11.8 Å². The van der Waals surface area contributed by atoms with E-state index in [1.807, 2.05) is 0 Å². The molecule has 0 atom stereocenters. The predicted octanol–water partition coefficient (Wildman–Crippen LogP) is 0.602. The Morgan fingerprint density at radius 2 is 2.27 bits per heavy atom. The number of nitrogens with two attached hydrogens (primary N) is 1. The second-order valence-corrected chi connectivity index (χ2v) is 3.81. The maximum atomic E-state index is 10.4. The number of carbonyl (C=O) groups excluding carboxylic acids is 1. The summed E-state index contributed by atoms with van der Waals surface area (Å²) in [6.07, 6.45) is 0.0201. The van der Waals surface area contributed by atoms with Gasteiger partial charge in [0.1, 0.15) is 0 Å². The first kappa shape index (κ1) is 11.3. The Labute approximate surface area is 90.7 Å². The molecule has 15 heavy (non-hydrogen) atoms. The molecule has 78 valence electrons. The Balaban J connectivity index is 2.62. The molecule has 0 aliphatic heterocycles. The van der Waals surface area contributed by atoms with Crippen LogP contribution in [0.25, 0.3) is 0 Å². The fraction of sp³-hybridized carbons (Fsp3) is 0.200. The molecule has 0 aliphatic carbocycles. The number of rotatable bonds is 3. The topological polar surface area (TPSA) is 80.4 Å². The fourth-order valence-electron chi connectivity index (χ4n) is 0.921. The average Bonchev–Trinajstić information content (AvgIpc) is 2.50. The van der Waals surface area contributed by atoms with Crippen LogP contribution in [0.2, 0.25) is 0 Å². The van der Waals surface area contributed by atoms with Crippen molar-refractivity contribution in [1.82, 2.24) is 0 Å². The highest BCUT2D eigenvalue weighted by Gasteiger charge is 2.02. The van der Waals surface area contributed by atoms with Crippen LogP contribution < -0.4 is 5.73 Å². The highest BCUT2D eigenvalue weighted by atomic mass is 32.1. The Bertz CT molecular complexity index is 439. The molecule has 0 unspecified atom stereocenters. The lowest BCUT2D eigenvalue weighted by molar-refractivity contribution is -0.136. The van der Waals surface area contributed by atoms with E-state index >= 15 is 0 Å². The first-order valence-electron chi connectivity index (χ1n) is 4.14. The molecule has 1 aromatic heterocycles. The fourth-order valence-corrected chi connectivity index (χ4v) is 1.73. The third kappa shape index (κ3) is 4.29. The zero-order valence-electron chi connectivity index (χ0n) is 7.82. The normalized spacial score (nSPS) is 9.07. The van der Waals surface area contributed by atoms with Crippen LogP contribution in [0.5, 0.6) is 0 Å². The second-order valence-electron chi connectivity index (χ2n) is 2.82. The van der Waals surface area contributed by atoms with Gasteiger partial charge in [0.25, 0.3) is 0 Å². The number of carboxylic acid groups (broad SMARTS) is 1. The van der Waals surface area contributed by atoms with Crippen molar-refractivity contribution in [1.29, 1.82) is 0 Å². The van der Waals surface area contributed by atoms with Crippen molar-refractivity contribution < 1.29 is 14.7 Å². The van der Waals surface area contributed by atoms with Gasteiger partial charge >= 0.3 is 5.97 Å². The molecule has 0 radical (unpaired) electrons. The van der Waals surface area contributed by atoms with Gasteiger partial charge in [0.2, 0.25) is 5.91 Å². The molecule has 0 bridgehead atoms. The second kappa shape index (κ2) is 5.17. The van der Waals surface area contributed by atoms with Crippen molar-refractivity contribution in [2.24, 2.45) is 5.73 Å². The van der Waals surface area contributed by atoms with E-state index in [1.54, 1.807) is 11.4 Å². The van der Waals surface area contributed by atoms with Crippen molar-refractivity contribution >= 4 is 23.2 Å². The van der Waals surface area contributed by atoms with E-state index in [9.17, 15) is 9.59 Å². The van der Waals surface area contributed by atoms with Crippen LogP contribution in [0.3, 0.4) is 0 Å². The lowest BCUT2D eigenvalue weighted by Gasteiger charge is -1.86. The summed E-state index contributed by atoms with van der Waals surface area (Å²) in [6, 6.07) is 1.70. The molecule has 0 aromatic carbocycles. The Morgan fingerprint density at radius 1 is 1.53 bits per heavy atom. The minimum absolute atomic E-state index is 0.00215. The van der Waals surface area contributed by atoms with Crippen LogP contribution in [-0.2, 0) is 16.0 Å². The largest absolute Gasteiger partial charge is 0.481 e. The first-order chi connectivity index (χ1) is 7.08. The van der Waals surface area contributed by atoms with E-state index in [1.165, 1.54) is 11.3 Å². The van der Waals surface area contributed by atoms with Crippen molar-refractivity contribution in [3.05, 3.63) is 21.9 Å². The summed E-state index contributed by atoms with van der Waals surface area (Å²) in [4.78, 5) is 21.5. The van der Waals surface area contributed by atoms with Gasteiger partial charge in [-0.2, -0.15) is 0 Å². The van der Waals surface area contributed by atoms with Gasteiger partial charge in [-0.25, -0.2) is 0 Å². The molecular weight excluding hydrogens is 214 g/mol. The lowest BCUT2D eigenvalue weighted by Crippen LogP contribution is -2.08. The molecule has 1 rings (SSSR count). The zero-order chi connectivity index (χ0) is 11.3. The summed E-state index contributed by atoms with van der Waals surface area (Å²) in [5, 5.41) is 10.3. The van der Waals surface area contributed by atoms with Crippen molar-refractivity contribution in [3.8, 4) is 11.8 Å². The van der Waals surface area contributed by atoms with E-state index in [4.69, 9.17) is 10.8 Å². The number of amides is 1. The van der Waals surface area contributed by atoms with Gasteiger partial charge in [-0.05, 0) is 6.07 Å². The Morgan fingerprint density at radius 3 is 2.87 bits per heavy atom. The summed E-state index contributed by atoms with van der Waals surface area (Å²) < 4.78 is 0. The monoisotopic (exact) mass is 223 g/mol. The molecular formula is C10H9NO3S. The van der Waals surface area contributed by atoms with Crippen LogP contribution in [0.4, 0.5) is 0 Å². The van der Waals surface area contributed by atoms with Gasteiger partial charge in [0.05, 0.1) is 12.8 Å². The van der Waals surface area contributed by atoms with Crippen molar-refractivity contribution in [3.63, 3.8) is 0 Å². The molecule has 1 heterocycles. The number of thiophene rings is 1. The highest BCUT2D eigenvalue weighted by Crippen LogP contribution is 2.14. The van der Waals surface area contributed by atoms with E-state index < -0.39 is 11.9 Å². The molecule has 5 heteroatoms. The smallest absolute Gasteiger partial charge is 0.308 e. The van der Waals surface area contributed by atoms with Gasteiger partial charge in [-0.3, -0.25) is 9.59 Å². The van der Waals surface area contributed by atoms with Gasteiger partial charge in [0, 0.05) is 15.8 Å². The number of carboxylic acids is 1. The molecule has 3 N–H and O–H groups in total. The molecule has 1 amide bonds. The first-order valence-corrected chi connectivity index (χ1v) is 5.02. The zero-order valence-corrected chi connectivity index (χ0v) is 8.63. The van der Waals surface area contributed by atoms with E-state index in [0.717, 1.165) is 10.4 Å². The van der Waals surface area contributed by atoms with Gasteiger partial charge in [-0.15, -0.1) is 11.3 Å². The maximum Gasteiger partial charge on any atom is 0.308 e. The molecule has 4 nitrogen and oxygen atoms in total. The third-order valence-corrected chi connectivity index (χ3v) is 2.41. The average molecular weight is 223 g/mol. The van der Waals surface area contributed by atoms with E-state index in [0.29, 0.717) is 0 Å². The van der Waals surface area contributed by atoms with Crippen LogP contribution in [0.15, 0.2) is 11.4 Å². The molecule has 0 spiro atoms. The van der Waals surface area contributed by atoms with Crippen LogP contribution in [0.1, 0.15) is 16.9 Å². The quantitative estimate of drug-likeness (QED) is 0.736. The van der Waals surface area contributed by atoms with E-state index in [2.05, 4.69) is 11.8 Å². The van der Waals surface area contributed by atoms with Gasteiger partial charge in [-0.1, -0.05) is 11.8 Å². The molecule has 1 aromatic rings. The van der Waals surface area contributed by atoms with Gasteiger partial charge in [0.15, 0.2) is 0 Å². The van der Waals surface area contributed by atoms with Crippen molar-refractivity contribution in [2.45, 2.75) is 12.8 Å². The molecule has 0 fully saturated rings. The highest BCUT2D eigenvalue weighted by molar-refractivity contribution is 7.10. The SMILES string of the molecule is NC(=O)CC#Cc1csc(CC(=O)O)c1. The summed E-state index contributed by atoms with van der Waals surface area (Å²) >= 11 is 1.34. The predicted molar refractivity (Wildman–Crippen MR) is 56.3 cm³/mol. The molecule has 0 saturated heterocycles. The standard InChI is InChI=1S/C10H9NO3S/c11-9(12)3-1-2-7-4-8(15-6-7)5-10(13)14/h4,6H,3,5H2,(H2,11,12)(H,13,14). The van der Waals surface area contributed by atoms with Gasteiger partial charge < -0.3 is 10.8 Å². The van der Waals surface area contributed by atoms with E-state index in [-0.39, 0.29) is 12.8 Å². The summed E-state index contributed by atoms with van der Waals surface area (Å²) in [5.41, 5.74) is 5.63. The third-order valence-electron chi connectivity index (χ3n) is 1.47. The molecule has 0 saturated carbocycles. The number of aliphatic carboxylic acids is 1. The van der Waals surface area contributed by atoms with Crippen molar-refractivity contribution in [2.75, 3.05) is 0 Å². The van der Waals surface area contributed by atoms with Crippen LogP contribution in [-0.4, -0.2) is 17.0 Å². The minimum Gasteiger partial charge on any atom is -0.481 e. The Hall–Kier alpha value is -1.80. The Kier molecular flexibility index (Phi) is 3.89. The summed E-state index contributed by atoms with van der Waals surface area (Å²) in [5.74, 6) is 4.00. The lowest BCUT2D eigenvalue weighted by atomic mass is 10.2. The number of hydrogen-bond donors (Lipinski definition) is 2. The number of carbonyl (C=O) groups is 2. The number of hydrogen-bond acceptors (Lipinski definition) is 3. The summed E-state index contributed by atoms with van der Waals surface area (Å²) in [6.45, 7) is 0. The molecule has 0 aliphatic rings. The minimum atomic E-state index is -0.867.